The van der Waals surface area contributed by atoms with Gasteiger partial charge in [-0.2, -0.15) is 0 Å². The molecule has 2 aliphatic rings. The van der Waals surface area contributed by atoms with Crippen LogP contribution in [0.15, 0.2) is 36.4 Å². The van der Waals surface area contributed by atoms with E-state index >= 15 is 0 Å². The van der Waals surface area contributed by atoms with Gasteiger partial charge in [0.15, 0.2) is 0 Å². The Kier molecular flexibility index (Phi) is 3.25. The maximum Gasteiger partial charge on any atom is 0.0161 e. The van der Waals surface area contributed by atoms with Gasteiger partial charge >= 0.3 is 0 Å². The fraction of sp³-hybridized carbons (Fsp3) is 0.529. The van der Waals surface area contributed by atoms with E-state index in [9.17, 15) is 0 Å². The summed E-state index contributed by atoms with van der Waals surface area (Å²) in [6.07, 6.45) is 5.32. The van der Waals surface area contributed by atoms with Crippen molar-refractivity contribution in [2.45, 2.75) is 38.6 Å². The monoisotopic (exact) mass is 241 g/mol. The molecular formula is C17H23N. The van der Waals surface area contributed by atoms with E-state index in [4.69, 9.17) is 0 Å². The Labute approximate surface area is 110 Å². The van der Waals surface area contributed by atoms with Crippen LogP contribution in [0.5, 0.6) is 0 Å². The van der Waals surface area contributed by atoms with Crippen LogP contribution in [0.1, 0.15) is 30.9 Å². The van der Waals surface area contributed by atoms with Gasteiger partial charge in [0.1, 0.15) is 0 Å². The van der Waals surface area contributed by atoms with Crippen LogP contribution in [0.2, 0.25) is 0 Å². The summed E-state index contributed by atoms with van der Waals surface area (Å²) < 4.78 is 0. The first-order valence-electron chi connectivity index (χ1n) is 7.18. The standard InChI is InChI=1S/C17H23N/c1-12(2)11-18-17-15-7-8-16(17)10-14-6-4-3-5-13(14)9-15/h3-6,15-18H,1,7-11H2,2H3. The van der Waals surface area contributed by atoms with Crippen LogP contribution in [0.4, 0.5) is 0 Å². The Balaban J connectivity index is 1.79. The number of nitrogens with one attached hydrogen (secondary N) is 1. The van der Waals surface area contributed by atoms with Crippen molar-refractivity contribution in [1.29, 1.82) is 0 Å². The van der Waals surface area contributed by atoms with Crippen LogP contribution < -0.4 is 5.32 Å². The van der Waals surface area contributed by atoms with Crippen LogP contribution in [-0.2, 0) is 12.8 Å². The third kappa shape index (κ3) is 2.24. The van der Waals surface area contributed by atoms with E-state index in [0.717, 1.165) is 18.4 Å². The van der Waals surface area contributed by atoms with Crippen molar-refractivity contribution in [2.75, 3.05) is 6.54 Å². The highest BCUT2D eigenvalue weighted by Gasteiger charge is 2.38. The smallest absolute Gasteiger partial charge is 0.0161 e. The third-order valence-electron chi connectivity index (χ3n) is 4.65. The second kappa shape index (κ2) is 4.89. The zero-order valence-electron chi connectivity index (χ0n) is 11.3. The molecule has 1 N–H and O–H groups in total. The van der Waals surface area contributed by atoms with E-state index in [1.165, 1.54) is 31.3 Å². The van der Waals surface area contributed by atoms with Crippen molar-refractivity contribution in [3.63, 3.8) is 0 Å². The predicted molar refractivity (Wildman–Crippen MR) is 76.7 cm³/mol. The molecule has 1 saturated carbocycles. The highest BCUT2D eigenvalue weighted by Crippen LogP contribution is 2.39. The Morgan fingerprint density at radius 1 is 1.17 bits per heavy atom. The van der Waals surface area contributed by atoms with Gasteiger partial charge < -0.3 is 5.32 Å². The quantitative estimate of drug-likeness (QED) is 0.800. The lowest BCUT2D eigenvalue weighted by molar-refractivity contribution is 0.352. The number of hydrogen-bond acceptors (Lipinski definition) is 1. The first kappa shape index (κ1) is 12.0. The summed E-state index contributed by atoms with van der Waals surface area (Å²) in [5.74, 6) is 1.66. The lowest BCUT2D eigenvalue weighted by atomic mass is 9.94. The Bertz CT molecular complexity index is 416. The van der Waals surface area contributed by atoms with Gasteiger partial charge in [0.05, 0.1) is 0 Å². The Morgan fingerprint density at radius 2 is 1.72 bits per heavy atom. The summed E-state index contributed by atoms with van der Waals surface area (Å²) in [7, 11) is 0. The number of hydrogen-bond donors (Lipinski definition) is 1. The minimum Gasteiger partial charge on any atom is -0.310 e. The molecule has 1 fully saturated rings. The molecule has 0 amide bonds. The molecule has 3 rings (SSSR count). The van der Waals surface area contributed by atoms with Crippen LogP contribution in [0, 0.1) is 11.8 Å². The van der Waals surface area contributed by atoms with E-state index in [1.807, 2.05) is 0 Å². The van der Waals surface area contributed by atoms with Gasteiger partial charge in [0, 0.05) is 12.6 Å². The van der Waals surface area contributed by atoms with Crippen molar-refractivity contribution in [1.82, 2.24) is 5.32 Å². The maximum absolute atomic E-state index is 4.01. The molecular weight excluding hydrogens is 218 g/mol. The average molecular weight is 241 g/mol. The minimum absolute atomic E-state index is 0.703. The molecule has 1 aromatic carbocycles. The molecule has 0 heterocycles. The number of benzene rings is 1. The minimum atomic E-state index is 0.703. The van der Waals surface area contributed by atoms with Crippen molar-refractivity contribution in [3.05, 3.63) is 47.5 Å². The zero-order valence-corrected chi connectivity index (χ0v) is 11.3. The lowest BCUT2D eigenvalue weighted by Gasteiger charge is -2.23. The van der Waals surface area contributed by atoms with Crippen LogP contribution in [0.25, 0.3) is 0 Å². The number of fused-ring (bicyclic) bond motifs is 3. The van der Waals surface area contributed by atoms with E-state index < -0.39 is 0 Å². The molecule has 1 nitrogen and oxygen atoms in total. The summed E-state index contributed by atoms with van der Waals surface area (Å²) in [4.78, 5) is 0. The predicted octanol–water partition coefficient (Wildman–Crippen LogP) is 3.35. The Morgan fingerprint density at radius 3 is 2.22 bits per heavy atom. The van der Waals surface area contributed by atoms with Crippen molar-refractivity contribution >= 4 is 0 Å². The van der Waals surface area contributed by atoms with E-state index in [0.29, 0.717) is 6.04 Å². The highest BCUT2D eigenvalue weighted by atomic mass is 14.9. The molecule has 0 saturated heterocycles. The Hall–Kier alpha value is -1.08. The lowest BCUT2D eigenvalue weighted by Crippen LogP contribution is -2.38. The van der Waals surface area contributed by atoms with Crippen molar-refractivity contribution in [3.8, 4) is 0 Å². The molecule has 2 unspecified atom stereocenters. The summed E-state index contributed by atoms with van der Waals surface area (Å²) in [6, 6.07) is 9.73. The topological polar surface area (TPSA) is 12.0 Å². The van der Waals surface area contributed by atoms with Crippen molar-refractivity contribution in [2.24, 2.45) is 11.8 Å². The zero-order chi connectivity index (χ0) is 12.5. The molecule has 96 valence electrons. The largest absolute Gasteiger partial charge is 0.310 e. The van der Waals surface area contributed by atoms with Crippen molar-refractivity contribution < 1.29 is 0 Å². The maximum atomic E-state index is 4.01. The normalized spacial score (nSPS) is 29.7. The fourth-order valence-corrected chi connectivity index (χ4v) is 3.78. The molecule has 0 aliphatic heterocycles. The molecule has 1 heteroatoms. The molecule has 0 aromatic heterocycles. The van der Waals surface area contributed by atoms with Gasteiger partial charge in [0.25, 0.3) is 0 Å². The van der Waals surface area contributed by atoms with Gasteiger partial charge in [0.2, 0.25) is 0 Å². The first-order valence-corrected chi connectivity index (χ1v) is 7.18. The first-order chi connectivity index (χ1) is 8.74. The van der Waals surface area contributed by atoms with Gasteiger partial charge in [-0.25, -0.2) is 0 Å². The highest BCUT2D eigenvalue weighted by molar-refractivity contribution is 5.30. The van der Waals surface area contributed by atoms with Gasteiger partial charge in [-0.3, -0.25) is 0 Å². The SMILES string of the molecule is C=C(C)CNC1C2CCC1Cc1ccccc1C2. The molecule has 0 spiro atoms. The molecule has 2 atom stereocenters. The van der Waals surface area contributed by atoms with Crippen LogP contribution in [-0.4, -0.2) is 12.6 Å². The molecule has 2 aliphatic carbocycles. The van der Waals surface area contributed by atoms with Crippen LogP contribution >= 0.6 is 0 Å². The summed E-state index contributed by atoms with van der Waals surface area (Å²) >= 11 is 0. The van der Waals surface area contributed by atoms with E-state index in [2.05, 4.69) is 43.1 Å². The van der Waals surface area contributed by atoms with Crippen LogP contribution in [0.3, 0.4) is 0 Å². The average Bonchev–Trinajstić information content (AvgIpc) is 2.62. The summed E-state index contributed by atoms with van der Waals surface area (Å²) in [5, 5.41) is 3.76. The summed E-state index contributed by atoms with van der Waals surface area (Å²) in [5.41, 5.74) is 4.43. The second-order valence-corrected chi connectivity index (χ2v) is 6.14. The fourth-order valence-electron chi connectivity index (χ4n) is 3.78. The molecule has 18 heavy (non-hydrogen) atoms. The molecule has 0 radical (unpaired) electrons. The van der Waals surface area contributed by atoms with E-state index in [-0.39, 0.29) is 0 Å². The second-order valence-electron chi connectivity index (χ2n) is 6.14. The van der Waals surface area contributed by atoms with Gasteiger partial charge in [-0.15, -0.1) is 0 Å². The number of rotatable bonds is 3. The summed E-state index contributed by atoms with van der Waals surface area (Å²) in [6.45, 7) is 7.10. The third-order valence-corrected chi connectivity index (χ3v) is 4.65. The van der Waals surface area contributed by atoms with Gasteiger partial charge in [-0.05, 0) is 55.6 Å². The van der Waals surface area contributed by atoms with Gasteiger partial charge in [-0.1, -0.05) is 36.4 Å². The molecule has 1 aromatic rings. The van der Waals surface area contributed by atoms with E-state index in [1.54, 1.807) is 11.1 Å². The molecule has 2 bridgehead atoms.